The smallest absolute Gasteiger partial charge is 0.123 e. The molecule has 0 spiro atoms. The molecule has 0 radical (unpaired) electrons. The normalized spacial score (nSPS) is 11.8. The number of rotatable bonds is 13. The predicted octanol–water partition coefficient (Wildman–Crippen LogP) is 6.83. The van der Waals surface area contributed by atoms with Crippen LogP contribution in [0.4, 0.5) is 0 Å². The minimum atomic E-state index is 0.184. The van der Waals surface area contributed by atoms with E-state index >= 15 is 0 Å². The Labute approximate surface area is 209 Å². The molecule has 0 bridgehead atoms. The summed E-state index contributed by atoms with van der Waals surface area (Å²) in [5.41, 5.74) is 6.91. The second-order valence-electron chi connectivity index (χ2n) is 9.93. The Morgan fingerprint density at radius 1 is 1.06 bits per heavy atom. The quantitative estimate of drug-likeness (QED) is 0.166. The van der Waals surface area contributed by atoms with Gasteiger partial charge in [-0.2, -0.15) is 10.2 Å². The van der Waals surface area contributed by atoms with E-state index in [0.717, 1.165) is 54.8 Å². The molecule has 0 amide bonds. The van der Waals surface area contributed by atoms with Gasteiger partial charge < -0.3 is 9.47 Å². The molecule has 7 heteroatoms. The minimum absolute atomic E-state index is 0.184. The summed E-state index contributed by atoms with van der Waals surface area (Å²) in [4.78, 5) is 0. The monoisotopic (exact) mass is 477 g/mol. The number of nitrogens with one attached hydrogen (secondary N) is 1. The number of ether oxygens (including phenoxy) is 2. The lowest BCUT2D eigenvalue weighted by atomic mass is 9.97. The van der Waals surface area contributed by atoms with Crippen LogP contribution in [0.1, 0.15) is 58.1 Å². The summed E-state index contributed by atoms with van der Waals surface area (Å²) >= 11 is 0. The average Bonchev–Trinajstić information content (AvgIpc) is 3.22. The van der Waals surface area contributed by atoms with Gasteiger partial charge in [-0.1, -0.05) is 45.9 Å². The van der Waals surface area contributed by atoms with Gasteiger partial charge in [0.1, 0.15) is 11.5 Å². The van der Waals surface area contributed by atoms with E-state index < -0.39 is 0 Å². The highest BCUT2D eigenvalue weighted by molar-refractivity contribution is 5.84. The highest BCUT2D eigenvalue weighted by Crippen LogP contribution is 2.30. The number of unbranched alkanes of at least 4 members (excludes halogenated alkanes) is 1. The fourth-order valence-electron chi connectivity index (χ4n) is 3.89. The standard InChI is InChI=1S/C28H39N5O2/c1-7-10-24-25-19-33(20-28(3,4)5)31-26(25)15-16-27(24)35-18-9-8-17-34-23-13-11-22(12-14-23)21(2)30-32-29-6/h11-16,19H,2,7-10,17-18,20H2,1,3-6H3,(H,29,30). The molecule has 0 saturated heterocycles. The molecule has 0 aliphatic heterocycles. The van der Waals surface area contributed by atoms with Crippen LogP contribution in [0.5, 0.6) is 11.5 Å². The summed E-state index contributed by atoms with van der Waals surface area (Å²) in [7, 11) is 1.61. The van der Waals surface area contributed by atoms with Crippen LogP contribution in [0.25, 0.3) is 16.6 Å². The SMILES string of the molecule is C=C(NN=NC)c1ccc(OCCCCOc2ccc3nn(CC(C)(C)C)cc3c2CCC)cc1. The van der Waals surface area contributed by atoms with E-state index in [1.54, 1.807) is 7.05 Å². The van der Waals surface area contributed by atoms with Crippen LogP contribution in [0, 0.1) is 5.41 Å². The average molecular weight is 478 g/mol. The minimum Gasteiger partial charge on any atom is -0.494 e. The maximum absolute atomic E-state index is 6.21. The fourth-order valence-corrected chi connectivity index (χ4v) is 3.89. The summed E-state index contributed by atoms with van der Waals surface area (Å²) in [6, 6.07) is 11.9. The molecule has 7 nitrogen and oxygen atoms in total. The Morgan fingerprint density at radius 3 is 2.43 bits per heavy atom. The van der Waals surface area contributed by atoms with Crippen LogP contribution in [-0.4, -0.2) is 30.0 Å². The Morgan fingerprint density at radius 2 is 1.77 bits per heavy atom. The molecule has 35 heavy (non-hydrogen) atoms. The maximum Gasteiger partial charge on any atom is 0.123 e. The summed E-state index contributed by atoms with van der Waals surface area (Å²) < 4.78 is 14.2. The van der Waals surface area contributed by atoms with Crippen LogP contribution >= 0.6 is 0 Å². The van der Waals surface area contributed by atoms with Gasteiger partial charge in [-0.05, 0) is 66.6 Å². The van der Waals surface area contributed by atoms with Crippen LogP contribution in [-0.2, 0) is 13.0 Å². The molecule has 0 atom stereocenters. The van der Waals surface area contributed by atoms with Gasteiger partial charge in [0.25, 0.3) is 0 Å². The highest BCUT2D eigenvalue weighted by Gasteiger charge is 2.15. The van der Waals surface area contributed by atoms with E-state index in [4.69, 9.17) is 14.6 Å². The molecule has 1 aromatic heterocycles. The largest absolute Gasteiger partial charge is 0.494 e. The van der Waals surface area contributed by atoms with Crippen molar-refractivity contribution in [1.82, 2.24) is 15.2 Å². The second-order valence-corrected chi connectivity index (χ2v) is 9.93. The van der Waals surface area contributed by atoms with Gasteiger partial charge in [0, 0.05) is 23.7 Å². The van der Waals surface area contributed by atoms with Crippen molar-refractivity contribution in [2.75, 3.05) is 20.3 Å². The summed E-state index contributed by atoms with van der Waals surface area (Å²) in [6.07, 6.45) is 6.07. The zero-order valence-corrected chi connectivity index (χ0v) is 21.8. The molecule has 1 N–H and O–H groups in total. The van der Waals surface area contributed by atoms with E-state index in [1.807, 2.05) is 24.3 Å². The van der Waals surface area contributed by atoms with Gasteiger partial charge in [0.05, 0.1) is 31.5 Å². The van der Waals surface area contributed by atoms with Crippen LogP contribution in [0.3, 0.4) is 0 Å². The maximum atomic E-state index is 6.21. The molecular formula is C28H39N5O2. The van der Waals surface area contributed by atoms with Gasteiger partial charge in [0.15, 0.2) is 0 Å². The summed E-state index contributed by atoms with van der Waals surface area (Å²) in [6.45, 7) is 15.0. The molecule has 0 fully saturated rings. The highest BCUT2D eigenvalue weighted by atomic mass is 16.5. The van der Waals surface area contributed by atoms with Crippen molar-refractivity contribution in [2.45, 2.75) is 59.9 Å². The van der Waals surface area contributed by atoms with Gasteiger partial charge >= 0.3 is 0 Å². The summed E-state index contributed by atoms with van der Waals surface area (Å²) in [5, 5.41) is 13.4. The summed E-state index contributed by atoms with van der Waals surface area (Å²) in [5.74, 6) is 1.81. The molecular weight excluding hydrogens is 438 g/mol. The van der Waals surface area contributed by atoms with E-state index in [2.05, 4.69) is 73.0 Å². The number of fused-ring (bicyclic) bond motifs is 1. The fraction of sp³-hybridized carbons (Fsp3) is 0.464. The van der Waals surface area contributed by atoms with Crippen molar-refractivity contribution >= 4 is 16.6 Å². The van der Waals surface area contributed by atoms with E-state index in [-0.39, 0.29) is 5.41 Å². The zero-order chi connectivity index (χ0) is 25.3. The van der Waals surface area contributed by atoms with Crippen LogP contribution < -0.4 is 14.9 Å². The number of benzene rings is 2. The molecule has 0 aliphatic rings. The third kappa shape index (κ3) is 7.84. The van der Waals surface area contributed by atoms with Crippen molar-refractivity contribution in [1.29, 1.82) is 0 Å². The lowest BCUT2D eigenvalue weighted by Gasteiger charge is -2.17. The Balaban J connectivity index is 1.49. The molecule has 3 rings (SSSR count). The van der Waals surface area contributed by atoms with E-state index in [1.165, 1.54) is 10.9 Å². The van der Waals surface area contributed by atoms with Gasteiger partial charge in [-0.25, -0.2) is 0 Å². The van der Waals surface area contributed by atoms with Crippen molar-refractivity contribution < 1.29 is 9.47 Å². The second kappa shape index (κ2) is 12.4. The van der Waals surface area contributed by atoms with Gasteiger partial charge in [-0.15, -0.1) is 0 Å². The third-order valence-electron chi connectivity index (χ3n) is 5.49. The molecule has 1 heterocycles. The Bertz CT molecular complexity index is 1130. The van der Waals surface area contributed by atoms with Crippen LogP contribution in [0.2, 0.25) is 0 Å². The first-order valence-corrected chi connectivity index (χ1v) is 12.4. The first-order valence-electron chi connectivity index (χ1n) is 12.4. The van der Waals surface area contributed by atoms with Crippen molar-refractivity contribution in [3.63, 3.8) is 0 Å². The van der Waals surface area contributed by atoms with Crippen molar-refractivity contribution in [3.8, 4) is 11.5 Å². The van der Waals surface area contributed by atoms with Crippen molar-refractivity contribution in [2.24, 2.45) is 15.8 Å². The van der Waals surface area contributed by atoms with Crippen molar-refractivity contribution in [3.05, 3.63) is 60.3 Å². The number of aryl methyl sites for hydroxylation is 1. The van der Waals surface area contributed by atoms with Crippen LogP contribution in [0.15, 0.2) is 59.5 Å². The Kier molecular flexibility index (Phi) is 9.29. The van der Waals surface area contributed by atoms with E-state index in [9.17, 15) is 0 Å². The molecule has 3 aromatic rings. The zero-order valence-electron chi connectivity index (χ0n) is 21.8. The Hall–Kier alpha value is -3.35. The molecule has 0 unspecified atom stereocenters. The van der Waals surface area contributed by atoms with E-state index in [0.29, 0.717) is 18.9 Å². The topological polar surface area (TPSA) is 73.0 Å². The third-order valence-corrected chi connectivity index (χ3v) is 5.49. The number of hydrogen-bond acceptors (Lipinski definition) is 5. The molecule has 2 aromatic carbocycles. The predicted molar refractivity (Wildman–Crippen MR) is 143 cm³/mol. The number of aromatic nitrogens is 2. The lowest BCUT2D eigenvalue weighted by molar-refractivity contribution is 0.265. The molecule has 0 saturated carbocycles. The number of hydrogen-bond donors (Lipinski definition) is 1. The van der Waals surface area contributed by atoms with Gasteiger partial charge in [0.2, 0.25) is 0 Å². The lowest BCUT2D eigenvalue weighted by Crippen LogP contribution is -2.15. The molecule has 0 aliphatic carbocycles. The molecule has 188 valence electrons. The van der Waals surface area contributed by atoms with Gasteiger partial charge in [-0.3, -0.25) is 10.1 Å². The first kappa shape index (κ1) is 26.3. The first-order chi connectivity index (χ1) is 16.8. The number of nitrogens with zero attached hydrogens (tertiary/aromatic N) is 4.